The van der Waals surface area contributed by atoms with Gasteiger partial charge in [0.2, 0.25) is 5.16 Å². The van der Waals surface area contributed by atoms with Gasteiger partial charge < -0.3 is 4.52 Å². The molecule has 19 heavy (non-hydrogen) atoms. The Balaban J connectivity index is 1.80. The van der Waals surface area contributed by atoms with Crippen LogP contribution in [0.2, 0.25) is 0 Å². The molecule has 7 heteroatoms. The lowest BCUT2D eigenvalue weighted by molar-refractivity contribution is 0.395. The highest BCUT2D eigenvalue weighted by Gasteiger charge is 2.10. The Kier molecular flexibility index (Phi) is 3.28. The van der Waals surface area contributed by atoms with Crippen molar-refractivity contribution in [2.75, 3.05) is 0 Å². The molecular weight excluding hydrogens is 262 g/mol. The fourth-order valence-electron chi connectivity index (χ4n) is 1.57. The third-order valence-electron chi connectivity index (χ3n) is 2.55. The van der Waals surface area contributed by atoms with Gasteiger partial charge in [0, 0.05) is 6.07 Å². The van der Waals surface area contributed by atoms with E-state index in [1.807, 2.05) is 37.3 Å². The first kappa shape index (κ1) is 11.9. The van der Waals surface area contributed by atoms with Gasteiger partial charge in [-0.05, 0) is 29.5 Å². The first-order valence-electron chi connectivity index (χ1n) is 5.71. The van der Waals surface area contributed by atoms with E-state index >= 15 is 0 Å². The number of nitrogens with zero attached hydrogens (tertiary/aromatic N) is 5. The van der Waals surface area contributed by atoms with Gasteiger partial charge in [0.05, 0.1) is 17.6 Å². The van der Waals surface area contributed by atoms with Gasteiger partial charge in [-0.25, -0.2) is 0 Å². The highest BCUT2D eigenvalue weighted by Crippen LogP contribution is 2.22. The molecule has 0 aliphatic heterocycles. The van der Waals surface area contributed by atoms with Gasteiger partial charge in [-0.3, -0.25) is 0 Å². The average molecular weight is 273 g/mol. The van der Waals surface area contributed by atoms with E-state index in [0.29, 0.717) is 5.75 Å². The zero-order valence-corrected chi connectivity index (χ0v) is 11.0. The molecular formula is C12H11N5OS. The summed E-state index contributed by atoms with van der Waals surface area (Å²) in [5, 5.41) is 16.1. The maximum atomic E-state index is 5.04. The van der Waals surface area contributed by atoms with E-state index in [-0.39, 0.29) is 0 Å². The molecule has 0 atom stereocenters. The Bertz CT molecular complexity index is 647. The van der Waals surface area contributed by atoms with Gasteiger partial charge in [-0.15, -0.1) is 5.10 Å². The lowest BCUT2D eigenvalue weighted by Crippen LogP contribution is -1.98. The summed E-state index contributed by atoms with van der Waals surface area (Å²) in [6.07, 6.45) is 1.62. The third kappa shape index (κ3) is 2.65. The van der Waals surface area contributed by atoms with Crippen molar-refractivity contribution in [3.05, 3.63) is 47.9 Å². The van der Waals surface area contributed by atoms with E-state index in [4.69, 9.17) is 4.52 Å². The van der Waals surface area contributed by atoms with Crippen LogP contribution in [0.1, 0.15) is 11.3 Å². The van der Waals surface area contributed by atoms with Gasteiger partial charge in [0.15, 0.2) is 0 Å². The number of aryl methyl sites for hydroxylation is 1. The Morgan fingerprint density at radius 3 is 2.79 bits per heavy atom. The SMILES string of the molecule is Cc1ccc(-n2nnnc2SCc2ccno2)cc1. The minimum Gasteiger partial charge on any atom is -0.361 e. The molecule has 3 aromatic rings. The predicted molar refractivity (Wildman–Crippen MR) is 70.0 cm³/mol. The topological polar surface area (TPSA) is 69.6 Å². The molecule has 2 heterocycles. The average Bonchev–Trinajstić information content (AvgIpc) is 3.08. The van der Waals surface area contributed by atoms with Crippen LogP contribution in [0.15, 0.2) is 46.2 Å². The fraction of sp³-hybridized carbons (Fsp3) is 0.167. The molecule has 0 aliphatic carbocycles. The van der Waals surface area contributed by atoms with E-state index in [9.17, 15) is 0 Å². The quantitative estimate of drug-likeness (QED) is 0.679. The summed E-state index contributed by atoms with van der Waals surface area (Å²) in [7, 11) is 0. The van der Waals surface area contributed by atoms with Gasteiger partial charge in [-0.2, -0.15) is 4.68 Å². The number of hydrogen-bond acceptors (Lipinski definition) is 6. The maximum Gasteiger partial charge on any atom is 0.214 e. The Hall–Kier alpha value is -2.15. The molecule has 0 fully saturated rings. The summed E-state index contributed by atoms with van der Waals surface area (Å²) >= 11 is 1.50. The molecule has 0 amide bonds. The molecule has 0 unspecified atom stereocenters. The molecule has 0 N–H and O–H groups in total. The number of hydrogen-bond donors (Lipinski definition) is 0. The molecule has 6 nitrogen and oxygen atoms in total. The van der Waals surface area contributed by atoms with Crippen LogP contribution in [0.5, 0.6) is 0 Å². The second kappa shape index (κ2) is 5.23. The van der Waals surface area contributed by atoms with E-state index < -0.39 is 0 Å². The molecule has 0 bridgehead atoms. The largest absolute Gasteiger partial charge is 0.361 e. The highest BCUT2D eigenvalue weighted by atomic mass is 32.2. The number of rotatable bonds is 4. The Morgan fingerprint density at radius 2 is 2.05 bits per heavy atom. The minimum absolute atomic E-state index is 0.645. The van der Waals surface area contributed by atoms with Crippen LogP contribution < -0.4 is 0 Å². The minimum atomic E-state index is 0.645. The monoisotopic (exact) mass is 273 g/mol. The van der Waals surface area contributed by atoms with Crippen molar-refractivity contribution in [3.63, 3.8) is 0 Å². The van der Waals surface area contributed by atoms with Gasteiger partial charge in [-0.1, -0.05) is 34.6 Å². The van der Waals surface area contributed by atoms with Crippen LogP contribution in [0, 0.1) is 6.92 Å². The standard InChI is InChI=1S/C12H11N5OS/c1-9-2-4-10(5-3-9)17-12(14-15-16-17)19-8-11-6-7-13-18-11/h2-7H,8H2,1H3. The van der Waals surface area contributed by atoms with E-state index in [0.717, 1.165) is 16.6 Å². The summed E-state index contributed by atoms with van der Waals surface area (Å²) in [6.45, 7) is 2.04. The first-order chi connectivity index (χ1) is 9.33. The highest BCUT2D eigenvalue weighted by molar-refractivity contribution is 7.98. The summed E-state index contributed by atoms with van der Waals surface area (Å²) in [5.41, 5.74) is 2.14. The molecule has 0 spiro atoms. The molecule has 0 aliphatic rings. The van der Waals surface area contributed by atoms with Crippen LogP contribution in [-0.2, 0) is 5.75 Å². The molecule has 3 rings (SSSR count). The smallest absolute Gasteiger partial charge is 0.214 e. The fourth-order valence-corrected chi connectivity index (χ4v) is 2.35. The van der Waals surface area contributed by atoms with E-state index in [2.05, 4.69) is 20.7 Å². The van der Waals surface area contributed by atoms with Gasteiger partial charge in [0.1, 0.15) is 5.76 Å². The second-order valence-electron chi connectivity index (χ2n) is 3.98. The number of benzene rings is 1. The van der Waals surface area contributed by atoms with Crippen molar-refractivity contribution in [2.24, 2.45) is 0 Å². The number of aromatic nitrogens is 5. The number of tetrazole rings is 1. The molecule has 0 radical (unpaired) electrons. The zero-order chi connectivity index (χ0) is 13.1. The molecule has 96 valence electrons. The lowest BCUT2D eigenvalue weighted by Gasteiger charge is -2.03. The lowest BCUT2D eigenvalue weighted by atomic mass is 10.2. The first-order valence-corrected chi connectivity index (χ1v) is 6.69. The Labute approximate surface area is 113 Å². The number of thioether (sulfide) groups is 1. The van der Waals surface area contributed by atoms with E-state index in [1.54, 1.807) is 10.9 Å². The van der Waals surface area contributed by atoms with Crippen molar-refractivity contribution in [3.8, 4) is 5.69 Å². The molecule has 0 saturated heterocycles. The van der Waals surface area contributed by atoms with Gasteiger partial charge >= 0.3 is 0 Å². The summed E-state index contributed by atoms with van der Waals surface area (Å²) in [6, 6.07) is 9.87. The van der Waals surface area contributed by atoms with Crippen LogP contribution in [0.3, 0.4) is 0 Å². The summed E-state index contributed by atoms with van der Waals surface area (Å²) < 4.78 is 6.75. The normalized spacial score (nSPS) is 10.8. The van der Waals surface area contributed by atoms with Crippen molar-refractivity contribution >= 4 is 11.8 Å². The Morgan fingerprint density at radius 1 is 1.21 bits per heavy atom. The van der Waals surface area contributed by atoms with Crippen molar-refractivity contribution in [2.45, 2.75) is 17.8 Å². The van der Waals surface area contributed by atoms with Crippen LogP contribution in [-0.4, -0.2) is 25.4 Å². The van der Waals surface area contributed by atoms with E-state index in [1.165, 1.54) is 17.3 Å². The van der Waals surface area contributed by atoms with Crippen LogP contribution in [0.4, 0.5) is 0 Å². The van der Waals surface area contributed by atoms with Gasteiger partial charge in [0.25, 0.3) is 0 Å². The molecule has 2 aromatic heterocycles. The zero-order valence-electron chi connectivity index (χ0n) is 10.2. The van der Waals surface area contributed by atoms with Crippen molar-refractivity contribution < 1.29 is 4.52 Å². The third-order valence-corrected chi connectivity index (χ3v) is 3.50. The molecule has 0 saturated carbocycles. The van der Waals surface area contributed by atoms with Crippen LogP contribution >= 0.6 is 11.8 Å². The van der Waals surface area contributed by atoms with Crippen molar-refractivity contribution in [1.29, 1.82) is 0 Å². The van der Waals surface area contributed by atoms with Crippen LogP contribution in [0.25, 0.3) is 5.69 Å². The van der Waals surface area contributed by atoms with Crippen molar-refractivity contribution in [1.82, 2.24) is 25.4 Å². The summed E-state index contributed by atoms with van der Waals surface area (Å²) in [5.74, 6) is 1.44. The predicted octanol–water partition coefficient (Wildman–Crippen LogP) is 2.25. The maximum absolute atomic E-state index is 5.04. The second-order valence-corrected chi connectivity index (χ2v) is 4.92. The summed E-state index contributed by atoms with van der Waals surface area (Å²) in [4.78, 5) is 0. The molecule has 1 aromatic carbocycles.